The van der Waals surface area contributed by atoms with Gasteiger partial charge >= 0.3 is 0 Å². The Morgan fingerprint density at radius 1 is 1.33 bits per heavy atom. The van der Waals surface area contributed by atoms with E-state index in [9.17, 15) is 4.79 Å². The monoisotopic (exact) mass is 268 g/mol. The lowest BCUT2D eigenvalue weighted by molar-refractivity contribution is -0.130. The summed E-state index contributed by atoms with van der Waals surface area (Å²) in [4.78, 5) is 17.5. The SMILES string of the molecule is O=C(Cc1cccs1)N1CCCN(CCO)CC1. The molecule has 1 aliphatic rings. The molecule has 0 atom stereocenters. The predicted molar refractivity (Wildman–Crippen MR) is 72.7 cm³/mol. The molecule has 2 heterocycles. The fraction of sp³-hybridized carbons (Fsp3) is 0.615. The summed E-state index contributed by atoms with van der Waals surface area (Å²) in [7, 11) is 0. The zero-order valence-electron chi connectivity index (χ0n) is 10.5. The molecule has 0 bridgehead atoms. The maximum absolute atomic E-state index is 12.1. The molecule has 1 amide bonds. The molecule has 18 heavy (non-hydrogen) atoms. The van der Waals surface area contributed by atoms with Crippen molar-refractivity contribution in [2.24, 2.45) is 0 Å². The number of amides is 1. The van der Waals surface area contributed by atoms with Crippen LogP contribution in [0.5, 0.6) is 0 Å². The van der Waals surface area contributed by atoms with Crippen molar-refractivity contribution in [3.8, 4) is 0 Å². The molecule has 1 aliphatic heterocycles. The van der Waals surface area contributed by atoms with Gasteiger partial charge in [0.2, 0.25) is 5.91 Å². The van der Waals surface area contributed by atoms with E-state index in [1.165, 1.54) is 0 Å². The molecule has 0 aromatic carbocycles. The van der Waals surface area contributed by atoms with Gasteiger partial charge in [-0.3, -0.25) is 9.69 Å². The van der Waals surface area contributed by atoms with Gasteiger partial charge in [0.25, 0.3) is 0 Å². The Hall–Kier alpha value is -0.910. The van der Waals surface area contributed by atoms with Gasteiger partial charge in [0.05, 0.1) is 13.0 Å². The highest BCUT2D eigenvalue weighted by atomic mass is 32.1. The van der Waals surface area contributed by atoms with E-state index in [-0.39, 0.29) is 12.5 Å². The van der Waals surface area contributed by atoms with Gasteiger partial charge < -0.3 is 10.0 Å². The summed E-state index contributed by atoms with van der Waals surface area (Å²) in [6, 6.07) is 4.00. The highest BCUT2D eigenvalue weighted by Crippen LogP contribution is 2.12. The van der Waals surface area contributed by atoms with E-state index in [1.807, 2.05) is 22.4 Å². The van der Waals surface area contributed by atoms with Crippen molar-refractivity contribution in [3.63, 3.8) is 0 Å². The lowest BCUT2D eigenvalue weighted by Gasteiger charge is -2.21. The van der Waals surface area contributed by atoms with Crippen molar-refractivity contribution < 1.29 is 9.90 Å². The van der Waals surface area contributed by atoms with Gasteiger partial charge in [-0.1, -0.05) is 6.07 Å². The minimum Gasteiger partial charge on any atom is -0.395 e. The topological polar surface area (TPSA) is 43.8 Å². The fourth-order valence-corrected chi connectivity index (χ4v) is 2.96. The summed E-state index contributed by atoms with van der Waals surface area (Å²) in [5.74, 6) is 0.225. The van der Waals surface area contributed by atoms with Crippen molar-refractivity contribution >= 4 is 17.2 Å². The lowest BCUT2D eigenvalue weighted by atomic mass is 10.3. The Balaban J connectivity index is 1.83. The molecule has 2 rings (SSSR count). The first-order valence-electron chi connectivity index (χ1n) is 6.43. The first-order chi connectivity index (χ1) is 8.79. The van der Waals surface area contributed by atoms with Crippen molar-refractivity contribution in [1.29, 1.82) is 0 Å². The molecule has 1 fully saturated rings. The smallest absolute Gasteiger partial charge is 0.227 e. The first-order valence-corrected chi connectivity index (χ1v) is 7.31. The average molecular weight is 268 g/mol. The van der Waals surface area contributed by atoms with E-state index in [2.05, 4.69) is 4.90 Å². The molecule has 0 saturated carbocycles. The Morgan fingerprint density at radius 3 is 2.94 bits per heavy atom. The standard InChI is InChI=1S/C13H20N2O2S/c16-9-8-14-4-2-5-15(7-6-14)13(17)11-12-3-1-10-18-12/h1,3,10,16H,2,4-9,11H2. The van der Waals surface area contributed by atoms with Crippen LogP contribution in [0.15, 0.2) is 17.5 Å². The van der Waals surface area contributed by atoms with Crippen molar-refractivity contribution in [1.82, 2.24) is 9.80 Å². The second-order valence-corrected chi connectivity index (χ2v) is 5.59. The van der Waals surface area contributed by atoms with Gasteiger partial charge in [-0.05, 0) is 24.4 Å². The maximum Gasteiger partial charge on any atom is 0.227 e. The summed E-state index contributed by atoms with van der Waals surface area (Å²) in [6.45, 7) is 4.38. The van der Waals surface area contributed by atoms with Crippen LogP contribution >= 0.6 is 11.3 Å². The summed E-state index contributed by atoms with van der Waals surface area (Å²) in [6.07, 6.45) is 1.52. The second-order valence-electron chi connectivity index (χ2n) is 4.56. The van der Waals surface area contributed by atoms with Crippen LogP contribution in [0, 0.1) is 0 Å². The van der Waals surface area contributed by atoms with Gasteiger partial charge in [0.1, 0.15) is 0 Å². The van der Waals surface area contributed by atoms with Gasteiger partial charge in [-0.25, -0.2) is 0 Å². The number of nitrogens with zero attached hydrogens (tertiary/aromatic N) is 2. The van der Waals surface area contributed by atoms with Crippen LogP contribution in [0.1, 0.15) is 11.3 Å². The molecule has 0 unspecified atom stereocenters. The van der Waals surface area contributed by atoms with E-state index in [1.54, 1.807) is 11.3 Å². The number of aliphatic hydroxyl groups is 1. The molecular formula is C13H20N2O2S. The normalized spacial score (nSPS) is 17.7. The summed E-state index contributed by atoms with van der Waals surface area (Å²) in [5, 5.41) is 10.9. The largest absolute Gasteiger partial charge is 0.395 e. The minimum atomic E-state index is 0.198. The Labute approximate surface area is 112 Å². The van der Waals surface area contributed by atoms with Crippen LogP contribution in [0.2, 0.25) is 0 Å². The number of carbonyl (C=O) groups is 1. The van der Waals surface area contributed by atoms with Crippen molar-refractivity contribution in [3.05, 3.63) is 22.4 Å². The van der Waals surface area contributed by atoms with Gasteiger partial charge in [-0.2, -0.15) is 0 Å². The lowest BCUT2D eigenvalue weighted by Crippen LogP contribution is -2.36. The zero-order chi connectivity index (χ0) is 12.8. The van der Waals surface area contributed by atoms with Crippen LogP contribution in [0.3, 0.4) is 0 Å². The van der Waals surface area contributed by atoms with E-state index in [0.29, 0.717) is 13.0 Å². The van der Waals surface area contributed by atoms with Crippen molar-refractivity contribution in [2.75, 3.05) is 39.3 Å². The number of hydrogen-bond acceptors (Lipinski definition) is 4. The van der Waals surface area contributed by atoms with Crippen LogP contribution in [-0.4, -0.2) is 60.1 Å². The Bertz CT molecular complexity index is 367. The summed E-state index contributed by atoms with van der Waals surface area (Å²) in [5.41, 5.74) is 0. The number of rotatable bonds is 4. The van der Waals surface area contributed by atoms with E-state index < -0.39 is 0 Å². The van der Waals surface area contributed by atoms with Gasteiger partial charge in [0, 0.05) is 31.1 Å². The molecule has 0 radical (unpaired) electrons. The number of carbonyl (C=O) groups excluding carboxylic acids is 1. The fourth-order valence-electron chi connectivity index (χ4n) is 2.26. The quantitative estimate of drug-likeness (QED) is 0.879. The number of β-amino-alcohol motifs (C(OH)–C–C–N with tert-alkyl or cyclic N) is 1. The molecule has 100 valence electrons. The van der Waals surface area contributed by atoms with Crippen LogP contribution in [0.4, 0.5) is 0 Å². The van der Waals surface area contributed by atoms with E-state index >= 15 is 0 Å². The second kappa shape index (κ2) is 6.87. The van der Waals surface area contributed by atoms with Crippen LogP contribution in [-0.2, 0) is 11.2 Å². The summed E-state index contributed by atoms with van der Waals surface area (Å²) >= 11 is 1.64. The Morgan fingerprint density at radius 2 is 2.22 bits per heavy atom. The molecule has 5 heteroatoms. The van der Waals surface area contributed by atoms with Gasteiger partial charge in [-0.15, -0.1) is 11.3 Å². The van der Waals surface area contributed by atoms with E-state index in [4.69, 9.17) is 5.11 Å². The highest BCUT2D eigenvalue weighted by molar-refractivity contribution is 7.10. The number of thiophene rings is 1. The van der Waals surface area contributed by atoms with Crippen LogP contribution < -0.4 is 0 Å². The molecule has 4 nitrogen and oxygen atoms in total. The highest BCUT2D eigenvalue weighted by Gasteiger charge is 2.19. The minimum absolute atomic E-state index is 0.198. The molecule has 1 aromatic heterocycles. The third-order valence-corrected chi connectivity index (χ3v) is 4.14. The third kappa shape index (κ3) is 3.80. The molecule has 0 spiro atoms. The first kappa shape index (κ1) is 13.5. The summed E-state index contributed by atoms with van der Waals surface area (Å²) < 4.78 is 0. The van der Waals surface area contributed by atoms with Crippen LogP contribution in [0.25, 0.3) is 0 Å². The predicted octanol–water partition coefficient (Wildman–Crippen LogP) is 0.817. The number of hydrogen-bond donors (Lipinski definition) is 1. The third-order valence-electron chi connectivity index (χ3n) is 3.26. The molecule has 1 saturated heterocycles. The Kier molecular flexibility index (Phi) is 5.16. The molecule has 1 aromatic rings. The van der Waals surface area contributed by atoms with Gasteiger partial charge in [0.15, 0.2) is 0 Å². The zero-order valence-corrected chi connectivity index (χ0v) is 11.4. The molecule has 0 aliphatic carbocycles. The maximum atomic E-state index is 12.1. The average Bonchev–Trinajstić information content (AvgIpc) is 2.74. The van der Waals surface area contributed by atoms with E-state index in [0.717, 1.165) is 37.5 Å². The van der Waals surface area contributed by atoms with Crippen molar-refractivity contribution in [2.45, 2.75) is 12.8 Å². The molecular weight excluding hydrogens is 248 g/mol. The molecule has 1 N–H and O–H groups in total. The number of aliphatic hydroxyl groups excluding tert-OH is 1.